The Kier molecular flexibility index (Phi) is 3.11. The number of benzene rings is 1. The predicted octanol–water partition coefficient (Wildman–Crippen LogP) is 1.99. The smallest absolute Gasteiger partial charge is 0.161 e. The molecule has 3 heteroatoms. The Hall–Kier alpha value is -1.22. The number of aliphatic hydroxyl groups excluding tert-OH is 1. The van der Waals surface area contributed by atoms with Crippen molar-refractivity contribution in [1.82, 2.24) is 0 Å². The molecule has 0 aromatic heterocycles. The van der Waals surface area contributed by atoms with Crippen molar-refractivity contribution in [2.75, 3.05) is 7.11 Å². The summed E-state index contributed by atoms with van der Waals surface area (Å²) >= 11 is 0. The number of methoxy groups -OCH3 is 1. The van der Waals surface area contributed by atoms with Crippen molar-refractivity contribution in [2.45, 2.75) is 31.5 Å². The van der Waals surface area contributed by atoms with Crippen molar-refractivity contribution in [1.29, 1.82) is 0 Å². The SMILES string of the molecule is COc1ccccc1O[C@H]1CCC[C@@H]1O. The summed E-state index contributed by atoms with van der Waals surface area (Å²) in [5.74, 6) is 1.43. The molecule has 3 nitrogen and oxygen atoms in total. The van der Waals surface area contributed by atoms with E-state index in [9.17, 15) is 5.11 Å². The lowest BCUT2D eigenvalue weighted by molar-refractivity contribution is 0.0586. The van der Waals surface area contributed by atoms with E-state index >= 15 is 0 Å². The predicted molar refractivity (Wildman–Crippen MR) is 57.3 cm³/mol. The summed E-state index contributed by atoms with van der Waals surface area (Å²) in [5, 5.41) is 9.65. The van der Waals surface area contributed by atoms with E-state index in [1.165, 1.54) is 0 Å². The Bertz CT molecular complexity index is 324. The van der Waals surface area contributed by atoms with Crippen LogP contribution in [0.4, 0.5) is 0 Å². The summed E-state index contributed by atoms with van der Waals surface area (Å²) in [6, 6.07) is 7.52. The van der Waals surface area contributed by atoms with Gasteiger partial charge in [-0.15, -0.1) is 0 Å². The van der Waals surface area contributed by atoms with Gasteiger partial charge in [0.15, 0.2) is 11.5 Å². The average molecular weight is 208 g/mol. The van der Waals surface area contributed by atoms with Crippen molar-refractivity contribution in [2.24, 2.45) is 0 Å². The van der Waals surface area contributed by atoms with Gasteiger partial charge in [-0.25, -0.2) is 0 Å². The number of rotatable bonds is 3. The first kappa shape index (κ1) is 10.3. The van der Waals surface area contributed by atoms with E-state index in [1.54, 1.807) is 7.11 Å². The fourth-order valence-electron chi connectivity index (χ4n) is 1.92. The van der Waals surface area contributed by atoms with E-state index in [4.69, 9.17) is 9.47 Å². The third kappa shape index (κ3) is 2.23. The molecule has 0 amide bonds. The van der Waals surface area contributed by atoms with Gasteiger partial charge in [0.25, 0.3) is 0 Å². The molecule has 0 saturated heterocycles. The van der Waals surface area contributed by atoms with Crippen molar-refractivity contribution >= 4 is 0 Å². The molecule has 0 aliphatic heterocycles. The van der Waals surface area contributed by atoms with Crippen LogP contribution in [0.1, 0.15) is 19.3 Å². The number of ether oxygens (including phenoxy) is 2. The molecule has 0 bridgehead atoms. The van der Waals surface area contributed by atoms with Crippen LogP contribution < -0.4 is 9.47 Å². The van der Waals surface area contributed by atoms with Crippen LogP contribution in [-0.4, -0.2) is 24.4 Å². The van der Waals surface area contributed by atoms with E-state index in [0.717, 1.165) is 25.0 Å². The highest BCUT2D eigenvalue weighted by Gasteiger charge is 2.27. The van der Waals surface area contributed by atoms with Crippen LogP contribution in [0.5, 0.6) is 11.5 Å². The summed E-state index contributed by atoms with van der Waals surface area (Å²) < 4.78 is 10.9. The van der Waals surface area contributed by atoms with Gasteiger partial charge < -0.3 is 14.6 Å². The number of hydrogen-bond acceptors (Lipinski definition) is 3. The second-order valence-electron chi connectivity index (χ2n) is 3.81. The Labute approximate surface area is 89.6 Å². The maximum Gasteiger partial charge on any atom is 0.161 e. The fourth-order valence-corrected chi connectivity index (χ4v) is 1.92. The zero-order valence-electron chi connectivity index (χ0n) is 8.85. The van der Waals surface area contributed by atoms with E-state index in [0.29, 0.717) is 5.75 Å². The zero-order chi connectivity index (χ0) is 10.7. The van der Waals surface area contributed by atoms with Crippen molar-refractivity contribution in [3.8, 4) is 11.5 Å². The second kappa shape index (κ2) is 4.53. The van der Waals surface area contributed by atoms with Crippen molar-refractivity contribution in [3.63, 3.8) is 0 Å². The molecule has 0 radical (unpaired) electrons. The highest BCUT2D eigenvalue weighted by atomic mass is 16.5. The largest absolute Gasteiger partial charge is 0.493 e. The van der Waals surface area contributed by atoms with Gasteiger partial charge in [0.2, 0.25) is 0 Å². The minimum Gasteiger partial charge on any atom is -0.493 e. The van der Waals surface area contributed by atoms with E-state index in [-0.39, 0.29) is 12.2 Å². The number of para-hydroxylation sites is 2. The molecule has 1 fully saturated rings. The van der Waals surface area contributed by atoms with Gasteiger partial charge in [0, 0.05) is 0 Å². The van der Waals surface area contributed by atoms with Crippen molar-refractivity contribution < 1.29 is 14.6 Å². The fraction of sp³-hybridized carbons (Fsp3) is 0.500. The highest BCUT2D eigenvalue weighted by molar-refractivity contribution is 5.39. The van der Waals surface area contributed by atoms with Crippen LogP contribution in [-0.2, 0) is 0 Å². The Morgan fingerprint density at radius 2 is 1.93 bits per heavy atom. The van der Waals surface area contributed by atoms with Gasteiger partial charge >= 0.3 is 0 Å². The minimum atomic E-state index is -0.338. The maximum atomic E-state index is 9.65. The molecule has 1 saturated carbocycles. The van der Waals surface area contributed by atoms with Gasteiger partial charge in [-0.05, 0) is 31.4 Å². The average Bonchev–Trinajstić information content (AvgIpc) is 2.65. The lowest BCUT2D eigenvalue weighted by Crippen LogP contribution is -2.25. The molecule has 1 N–H and O–H groups in total. The molecule has 0 heterocycles. The van der Waals surface area contributed by atoms with E-state index < -0.39 is 0 Å². The standard InChI is InChI=1S/C12H16O3/c1-14-11-6-2-3-7-12(11)15-10-8-4-5-9(10)13/h2-3,6-7,9-10,13H,4-5,8H2,1H3/t9-,10-/m0/s1. The number of hydrogen-bond donors (Lipinski definition) is 1. The van der Waals surface area contributed by atoms with Gasteiger partial charge in [-0.3, -0.25) is 0 Å². The highest BCUT2D eigenvalue weighted by Crippen LogP contribution is 2.31. The van der Waals surface area contributed by atoms with E-state index in [2.05, 4.69) is 0 Å². The Morgan fingerprint density at radius 1 is 1.20 bits per heavy atom. The molecular weight excluding hydrogens is 192 g/mol. The molecule has 15 heavy (non-hydrogen) atoms. The van der Waals surface area contributed by atoms with Gasteiger partial charge in [0.05, 0.1) is 13.2 Å². The summed E-state index contributed by atoms with van der Waals surface area (Å²) in [5.41, 5.74) is 0. The molecular formula is C12H16O3. The second-order valence-corrected chi connectivity index (χ2v) is 3.81. The summed E-state index contributed by atoms with van der Waals surface area (Å²) in [4.78, 5) is 0. The summed E-state index contributed by atoms with van der Waals surface area (Å²) in [6.45, 7) is 0. The van der Waals surface area contributed by atoms with Gasteiger partial charge in [-0.2, -0.15) is 0 Å². The first-order valence-electron chi connectivity index (χ1n) is 5.29. The molecule has 1 aliphatic carbocycles. The lowest BCUT2D eigenvalue weighted by atomic mass is 10.2. The Balaban J connectivity index is 2.09. The minimum absolute atomic E-state index is 0.0821. The Morgan fingerprint density at radius 3 is 2.53 bits per heavy atom. The molecule has 2 rings (SSSR count). The van der Waals surface area contributed by atoms with Crippen LogP contribution in [0.3, 0.4) is 0 Å². The zero-order valence-corrected chi connectivity index (χ0v) is 8.85. The maximum absolute atomic E-state index is 9.65. The first-order valence-corrected chi connectivity index (χ1v) is 5.29. The molecule has 0 spiro atoms. The third-order valence-corrected chi connectivity index (χ3v) is 2.77. The molecule has 2 atom stereocenters. The molecule has 1 aromatic rings. The summed E-state index contributed by atoms with van der Waals surface area (Å²) in [7, 11) is 1.62. The van der Waals surface area contributed by atoms with Gasteiger partial charge in [0.1, 0.15) is 6.10 Å². The lowest BCUT2D eigenvalue weighted by Gasteiger charge is -2.18. The first-order chi connectivity index (χ1) is 7.31. The molecule has 1 aliphatic rings. The van der Waals surface area contributed by atoms with Crippen LogP contribution in [0.25, 0.3) is 0 Å². The third-order valence-electron chi connectivity index (χ3n) is 2.77. The van der Waals surface area contributed by atoms with E-state index in [1.807, 2.05) is 24.3 Å². The molecule has 0 unspecified atom stereocenters. The monoisotopic (exact) mass is 208 g/mol. The van der Waals surface area contributed by atoms with Crippen LogP contribution in [0.15, 0.2) is 24.3 Å². The van der Waals surface area contributed by atoms with Crippen LogP contribution >= 0.6 is 0 Å². The van der Waals surface area contributed by atoms with Gasteiger partial charge in [-0.1, -0.05) is 12.1 Å². The van der Waals surface area contributed by atoms with Crippen LogP contribution in [0, 0.1) is 0 Å². The van der Waals surface area contributed by atoms with Crippen LogP contribution in [0.2, 0.25) is 0 Å². The van der Waals surface area contributed by atoms with Crippen molar-refractivity contribution in [3.05, 3.63) is 24.3 Å². The normalized spacial score (nSPS) is 25.2. The quantitative estimate of drug-likeness (QED) is 0.825. The summed E-state index contributed by atoms with van der Waals surface area (Å²) in [6.07, 6.45) is 2.36. The number of aliphatic hydroxyl groups is 1. The molecule has 82 valence electrons. The molecule has 1 aromatic carbocycles. The topological polar surface area (TPSA) is 38.7 Å².